The predicted octanol–water partition coefficient (Wildman–Crippen LogP) is 3.68. The van der Waals surface area contributed by atoms with Crippen molar-refractivity contribution in [3.63, 3.8) is 0 Å². The summed E-state index contributed by atoms with van der Waals surface area (Å²) in [5.74, 6) is -0.0749. The zero-order chi connectivity index (χ0) is 19.5. The maximum Gasteiger partial charge on any atom is 0.251 e. The molecule has 0 unspecified atom stereocenters. The Labute approximate surface area is 163 Å². The molecular formula is C22H21N5O. The Morgan fingerprint density at radius 3 is 2.82 bits per heavy atom. The Balaban J connectivity index is 1.59. The molecule has 0 aliphatic rings. The van der Waals surface area contributed by atoms with Gasteiger partial charge in [0.05, 0.1) is 12.7 Å². The molecule has 2 aromatic carbocycles. The minimum Gasteiger partial charge on any atom is -0.350 e. The van der Waals surface area contributed by atoms with Crippen LogP contribution in [0.5, 0.6) is 0 Å². The molecule has 0 aliphatic carbocycles. The summed E-state index contributed by atoms with van der Waals surface area (Å²) in [6, 6.07) is 15.8. The predicted molar refractivity (Wildman–Crippen MR) is 109 cm³/mol. The van der Waals surface area contributed by atoms with Gasteiger partial charge in [0.1, 0.15) is 5.69 Å². The number of rotatable bonds is 5. The summed E-state index contributed by atoms with van der Waals surface area (Å²) in [5.41, 5.74) is 3.35. The van der Waals surface area contributed by atoms with E-state index in [-0.39, 0.29) is 11.9 Å². The van der Waals surface area contributed by atoms with E-state index in [1.807, 2.05) is 68.7 Å². The lowest BCUT2D eigenvalue weighted by Crippen LogP contribution is -2.31. The highest BCUT2D eigenvalue weighted by atomic mass is 16.1. The Bertz CT molecular complexity index is 1130. The number of benzene rings is 2. The number of amides is 1. The van der Waals surface area contributed by atoms with Gasteiger partial charge in [-0.3, -0.25) is 9.78 Å². The maximum atomic E-state index is 12.5. The van der Waals surface area contributed by atoms with Gasteiger partial charge in [-0.15, -0.1) is 5.10 Å². The van der Waals surface area contributed by atoms with Gasteiger partial charge in [-0.05, 0) is 43.0 Å². The van der Waals surface area contributed by atoms with Crippen molar-refractivity contribution in [3.8, 4) is 11.3 Å². The summed E-state index contributed by atoms with van der Waals surface area (Å²) in [6.45, 7) is 4.37. The third-order valence-corrected chi connectivity index (χ3v) is 4.49. The Hall–Kier alpha value is -3.54. The second kappa shape index (κ2) is 7.60. The van der Waals surface area contributed by atoms with Crippen molar-refractivity contribution >= 4 is 16.7 Å². The van der Waals surface area contributed by atoms with E-state index in [2.05, 4.69) is 26.7 Å². The van der Waals surface area contributed by atoms with Gasteiger partial charge in [-0.1, -0.05) is 35.5 Å². The van der Waals surface area contributed by atoms with Crippen LogP contribution in [0.4, 0.5) is 0 Å². The van der Waals surface area contributed by atoms with Crippen molar-refractivity contribution in [3.05, 3.63) is 78.2 Å². The SMILES string of the molecule is CC(C)NC(=O)c1ccccc1Cn1cc(-c2ccc3cnccc3c2)nn1. The molecule has 0 radical (unpaired) electrons. The average Bonchev–Trinajstić information content (AvgIpc) is 3.16. The van der Waals surface area contributed by atoms with Gasteiger partial charge in [0.25, 0.3) is 5.91 Å². The summed E-state index contributed by atoms with van der Waals surface area (Å²) in [4.78, 5) is 16.6. The first-order chi connectivity index (χ1) is 13.6. The first-order valence-electron chi connectivity index (χ1n) is 9.23. The summed E-state index contributed by atoms with van der Waals surface area (Å²) in [7, 11) is 0. The number of nitrogens with zero attached hydrogens (tertiary/aromatic N) is 4. The number of pyridine rings is 1. The molecule has 140 valence electrons. The van der Waals surface area contributed by atoms with Crippen molar-refractivity contribution in [1.82, 2.24) is 25.3 Å². The highest BCUT2D eigenvalue weighted by Crippen LogP contribution is 2.22. The highest BCUT2D eigenvalue weighted by molar-refractivity contribution is 5.95. The molecule has 6 nitrogen and oxygen atoms in total. The standard InChI is InChI=1S/C22H21N5O/c1-15(2)24-22(28)20-6-4-3-5-19(20)13-27-14-21(25-26-27)17-7-8-18-12-23-10-9-16(18)11-17/h3-12,14-15H,13H2,1-2H3,(H,24,28). The lowest BCUT2D eigenvalue weighted by Gasteiger charge is -2.12. The van der Waals surface area contributed by atoms with E-state index >= 15 is 0 Å². The molecule has 0 bridgehead atoms. The molecule has 0 fully saturated rings. The largest absolute Gasteiger partial charge is 0.350 e. The fourth-order valence-electron chi connectivity index (χ4n) is 3.14. The van der Waals surface area contributed by atoms with Crippen LogP contribution in [-0.4, -0.2) is 31.9 Å². The van der Waals surface area contributed by atoms with E-state index in [9.17, 15) is 4.79 Å². The zero-order valence-electron chi connectivity index (χ0n) is 15.8. The molecule has 0 saturated heterocycles. The minimum atomic E-state index is -0.0749. The molecule has 0 atom stereocenters. The number of carbonyl (C=O) groups is 1. The molecule has 0 spiro atoms. The normalized spacial score (nSPS) is 11.1. The molecule has 28 heavy (non-hydrogen) atoms. The van der Waals surface area contributed by atoms with Crippen LogP contribution in [0.25, 0.3) is 22.0 Å². The first-order valence-corrected chi connectivity index (χ1v) is 9.23. The van der Waals surface area contributed by atoms with E-state index in [0.29, 0.717) is 12.1 Å². The summed E-state index contributed by atoms with van der Waals surface area (Å²) in [6.07, 6.45) is 5.52. The van der Waals surface area contributed by atoms with Crippen LogP contribution < -0.4 is 5.32 Å². The van der Waals surface area contributed by atoms with Crippen molar-refractivity contribution in [1.29, 1.82) is 0 Å². The van der Waals surface area contributed by atoms with E-state index in [1.54, 1.807) is 10.9 Å². The monoisotopic (exact) mass is 371 g/mol. The highest BCUT2D eigenvalue weighted by Gasteiger charge is 2.13. The average molecular weight is 371 g/mol. The lowest BCUT2D eigenvalue weighted by molar-refractivity contribution is 0.0942. The summed E-state index contributed by atoms with van der Waals surface area (Å²) < 4.78 is 1.76. The molecule has 4 aromatic rings. The molecule has 6 heteroatoms. The minimum absolute atomic E-state index is 0.0749. The Kier molecular flexibility index (Phi) is 4.85. The smallest absolute Gasteiger partial charge is 0.251 e. The molecule has 0 aliphatic heterocycles. The third-order valence-electron chi connectivity index (χ3n) is 4.49. The van der Waals surface area contributed by atoms with Crippen LogP contribution in [0.1, 0.15) is 29.8 Å². The van der Waals surface area contributed by atoms with Crippen molar-refractivity contribution in [2.45, 2.75) is 26.4 Å². The molecule has 1 amide bonds. The molecular weight excluding hydrogens is 350 g/mol. The second-order valence-electron chi connectivity index (χ2n) is 7.02. The summed E-state index contributed by atoms with van der Waals surface area (Å²) >= 11 is 0. The fraction of sp³-hybridized carbons (Fsp3) is 0.182. The number of aromatic nitrogens is 4. The van der Waals surface area contributed by atoms with Gasteiger partial charge < -0.3 is 5.32 Å². The number of hydrogen-bond acceptors (Lipinski definition) is 4. The van der Waals surface area contributed by atoms with Gasteiger partial charge in [-0.2, -0.15) is 0 Å². The van der Waals surface area contributed by atoms with Crippen LogP contribution in [0.2, 0.25) is 0 Å². The zero-order valence-corrected chi connectivity index (χ0v) is 15.8. The molecule has 0 saturated carbocycles. The number of fused-ring (bicyclic) bond motifs is 1. The van der Waals surface area contributed by atoms with Crippen molar-refractivity contribution < 1.29 is 4.79 Å². The van der Waals surface area contributed by atoms with Gasteiger partial charge in [0, 0.05) is 34.9 Å². The number of hydrogen-bond donors (Lipinski definition) is 1. The van der Waals surface area contributed by atoms with E-state index in [1.165, 1.54) is 0 Å². The topological polar surface area (TPSA) is 72.7 Å². The van der Waals surface area contributed by atoms with Crippen LogP contribution in [0.3, 0.4) is 0 Å². The van der Waals surface area contributed by atoms with Gasteiger partial charge in [0.2, 0.25) is 0 Å². The number of carbonyl (C=O) groups excluding carboxylic acids is 1. The van der Waals surface area contributed by atoms with Crippen LogP contribution in [0.15, 0.2) is 67.1 Å². The van der Waals surface area contributed by atoms with Crippen LogP contribution in [0, 0.1) is 0 Å². The van der Waals surface area contributed by atoms with Crippen molar-refractivity contribution in [2.75, 3.05) is 0 Å². The second-order valence-corrected chi connectivity index (χ2v) is 7.02. The lowest BCUT2D eigenvalue weighted by atomic mass is 10.1. The van der Waals surface area contributed by atoms with Crippen LogP contribution in [-0.2, 0) is 6.54 Å². The van der Waals surface area contributed by atoms with E-state index < -0.39 is 0 Å². The van der Waals surface area contributed by atoms with Crippen molar-refractivity contribution in [2.24, 2.45) is 0 Å². The molecule has 4 rings (SSSR count). The molecule has 2 heterocycles. The Morgan fingerprint density at radius 2 is 1.96 bits per heavy atom. The first kappa shape index (κ1) is 17.9. The number of nitrogens with one attached hydrogen (secondary N) is 1. The quantitative estimate of drug-likeness (QED) is 0.581. The van der Waals surface area contributed by atoms with Gasteiger partial charge in [-0.25, -0.2) is 4.68 Å². The molecule has 2 aromatic heterocycles. The summed E-state index contributed by atoms with van der Waals surface area (Å²) in [5, 5.41) is 13.7. The Morgan fingerprint density at radius 1 is 1.11 bits per heavy atom. The van der Waals surface area contributed by atoms with E-state index in [0.717, 1.165) is 27.6 Å². The van der Waals surface area contributed by atoms with Gasteiger partial charge in [0.15, 0.2) is 0 Å². The van der Waals surface area contributed by atoms with Gasteiger partial charge >= 0.3 is 0 Å². The van der Waals surface area contributed by atoms with Crippen LogP contribution >= 0.6 is 0 Å². The fourth-order valence-corrected chi connectivity index (χ4v) is 3.14. The third kappa shape index (κ3) is 3.76. The molecule has 1 N–H and O–H groups in total. The van der Waals surface area contributed by atoms with E-state index in [4.69, 9.17) is 0 Å². The maximum absolute atomic E-state index is 12.5.